The molecule has 0 aliphatic rings. The van der Waals surface area contributed by atoms with E-state index >= 15 is 0 Å². The lowest BCUT2D eigenvalue weighted by atomic mass is 10.2. The van der Waals surface area contributed by atoms with Crippen molar-refractivity contribution in [3.05, 3.63) is 50.7 Å². The minimum Gasteiger partial charge on any atom is -0.491 e. The predicted octanol–water partition coefficient (Wildman–Crippen LogP) is 1.32. The molecule has 0 bridgehead atoms. The quantitative estimate of drug-likeness (QED) is 0.363. The normalized spacial score (nSPS) is 12.3. The Morgan fingerprint density at radius 1 is 1.06 bits per heavy atom. The highest BCUT2D eigenvalue weighted by Crippen LogP contribution is 2.21. The third-order valence-corrected chi connectivity index (χ3v) is 6.09. The van der Waals surface area contributed by atoms with Gasteiger partial charge in [-0.15, -0.1) is 0 Å². The van der Waals surface area contributed by atoms with Crippen molar-refractivity contribution in [2.45, 2.75) is 25.1 Å². The molecule has 10 nitrogen and oxygen atoms in total. The molecule has 11 heteroatoms. The molecule has 2 heterocycles. The van der Waals surface area contributed by atoms with Gasteiger partial charge in [0.2, 0.25) is 0 Å². The van der Waals surface area contributed by atoms with Crippen LogP contribution in [0.2, 0.25) is 0 Å². The Bertz CT molecular complexity index is 1260. The van der Waals surface area contributed by atoms with Gasteiger partial charge in [0.15, 0.2) is 16.3 Å². The summed E-state index contributed by atoms with van der Waals surface area (Å²) >= 11 is 1.26. The van der Waals surface area contributed by atoms with Crippen molar-refractivity contribution in [2.24, 2.45) is 27.1 Å². The van der Waals surface area contributed by atoms with E-state index in [-0.39, 0.29) is 24.2 Å². The number of aryl methyl sites for hydroxylation is 2. The zero-order valence-corrected chi connectivity index (χ0v) is 20.1. The van der Waals surface area contributed by atoms with Gasteiger partial charge in [0.25, 0.3) is 5.56 Å². The van der Waals surface area contributed by atoms with Crippen LogP contribution in [0.4, 0.5) is 0 Å². The number of imidazole rings is 1. The van der Waals surface area contributed by atoms with Crippen LogP contribution in [0.3, 0.4) is 0 Å². The van der Waals surface area contributed by atoms with E-state index in [2.05, 4.69) is 4.98 Å². The number of thioether (sulfide) groups is 1. The summed E-state index contributed by atoms with van der Waals surface area (Å²) in [6.45, 7) is 4.33. The van der Waals surface area contributed by atoms with Gasteiger partial charge in [-0.1, -0.05) is 25.6 Å². The predicted molar refractivity (Wildman–Crippen MR) is 125 cm³/mol. The number of nitrogens with zero attached hydrogens (tertiary/aromatic N) is 4. The topological polar surface area (TPSA) is 118 Å². The van der Waals surface area contributed by atoms with Gasteiger partial charge < -0.3 is 19.1 Å². The van der Waals surface area contributed by atoms with Crippen molar-refractivity contribution < 1.29 is 19.4 Å². The molecule has 0 fully saturated rings. The van der Waals surface area contributed by atoms with Gasteiger partial charge in [-0.2, -0.15) is 0 Å². The fourth-order valence-electron chi connectivity index (χ4n) is 3.05. The monoisotopic (exact) mass is 476 g/mol. The van der Waals surface area contributed by atoms with Crippen molar-refractivity contribution in [2.75, 3.05) is 19.0 Å². The number of esters is 1. The maximum Gasteiger partial charge on any atom is 0.338 e. The van der Waals surface area contributed by atoms with E-state index in [4.69, 9.17) is 9.47 Å². The van der Waals surface area contributed by atoms with Gasteiger partial charge in [0, 0.05) is 26.9 Å². The number of benzene rings is 1. The van der Waals surface area contributed by atoms with Crippen molar-refractivity contribution >= 4 is 28.9 Å². The summed E-state index contributed by atoms with van der Waals surface area (Å²) in [6, 6.07) is 6.52. The lowest BCUT2D eigenvalue weighted by Crippen LogP contribution is -2.37. The van der Waals surface area contributed by atoms with Crippen molar-refractivity contribution in [1.29, 1.82) is 0 Å². The summed E-state index contributed by atoms with van der Waals surface area (Å²) in [7, 11) is 4.68. The number of carbonyl (C=O) groups is 1. The van der Waals surface area contributed by atoms with Gasteiger partial charge in [0.05, 0.1) is 18.3 Å². The van der Waals surface area contributed by atoms with E-state index in [1.54, 1.807) is 42.9 Å². The van der Waals surface area contributed by atoms with Crippen molar-refractivity contribution in [3.8, 4) is 5.75 Å². The number of hydrogen-bond acceptors (Lipinski definition) is 8. The minimum atomic E-state index is -0.808. The maximum absolute atomic E-state index is 12.4. The molecular weight excluding hydrogens is 448 g/mol. The van der Waals surface area contributed by atoms with Crippen molar-refractivity contribution in [1.82, 2.24) is 18.7 Å². The first-order chi connectivity index (χ1) is 15.6. The Labute approximate surface area is 194 Å². The van der Waals surface area contributed by atoms with Gasteiger partial charge in [-0.3, -0.25) is 13.9 Å². The molecule has 0 saturated heterocycles. The van der Waals surface area contributed by atoms with Crippen LogP contribution in [0.1, 0.15) is 24.2 Å². The minimum absolute atomic E-state index is 0.0360. The van der Waals surface area contributed by atoms with Crippen LogP contribution < -0.4 is 16.0 Å². The Kier molecular flexibility index (Phi) is 7.65. The molecule has 0 spiro atoms. The molecule has 1 N–H and O–H groups in total. The molecular formula is C22H28N4O6S. The van der Waals surface area contributed by atoms with E-state index in [1.165, 1.54) is 23.4 Å². The van der Waals surface area contributed by atoms with Gasteiger partial charge in [-0.05, 0) is 30.2 Å². The standard InChI is InChI=1S/C22H28N4O6S/c1-13(2)10-32-20(29)14-6-8-16(9-7-14)31-11-15(27)12-33-21-23-18-17(24(21)3)19(28)26(5)22(30)25(18)4/h6-9,13,15,27H,10-12H2,1-5H3/t15-/m1/s1. The molecule has 33 heavy (non-hydrogen) atoms. The SMILES string of the molecule is CC(C)COC(=O)c1ccc(OC[C@@H](O)CSc2nc3c(c(=O)n(C)c(=O)n3C)n2C)cc1. The molecule has 1 aromatic carbocycles. The second-order valence-corrected chi connectivity index (χ2v) is 9.11. The van der Waals surface area contributed by atoms with E-state index in [1.807, 2.05) is 13.8 Å². The van der Waals surface area contributed by atoms with Gasteiger partial charge in [-0.25, -0.2) is 14.6 Å². The lowest BCUT2D eigenvalue weighted by Gasteiger charge is -2.12. The highest BCUT2D eigenvalue weighted by atomic mass is 32.2. The molecule has 2 aromatic heterocycles. The summed E-state index contributed by atoms with van der Waals surface area (Å²) in [5, 5.41) is 10.8. The molecule has 0 saturated carbocycles. The van der Waals surface area contributed by atoms with Crippen LogP contribution in [0.25, 0.3) is 11.2 Å². The lowest BCUT2D eigenvalue weighted by molar-refractivity contribution is 0.0459. The zero-order valence-electron chi connectivity index (χ0n) is 19.3. The van der Waals surface area contributed by atoms with Gasteiger partial charge in [0.1, 0.15) is 12.4 Å². The summed E-state index contributed by atoms with van der Waals surface area (Å²) in [6.07, 6.45) is -0.808. The Hall–Kier alpha value is -3.05. The Morgan fingerprint density at radius 3 is 2.36 bits per heavy atom. The molecule has 0 amide bonds. The number of ether oxygens (including phenoxy) is 2. The summed E-state index contributed by atoms with van der Waals surface area (Å²) in [5.74, 6) is 0.657. The molecule has 0 aliphatic heterocycles. The molecule has 3 rings (SSSR count). The van der Waals surface area contributed by atoms with Crippen LogP contribution in [0, 0.1) is 5.92 Å². The van der Waals surface area contributed by atoms with Crippen LogP contribution >= 0.6 is 11.8 Å². The fourth-order valence-corrected chi connectivity index (χ4v) is 3.93. The fraction of sp³-hybridized carbons (Fsp3) is 0.455. The van der Waals surface area contributed by atoms with E-state index in [9.17, 15) is 19.5 Å². The first-order valence-corrected chi connectivity index (χ1v) is 11.4. The summed E-state index contributed by atoms with van der Waals surface area (Å²) in [4.78, 5) is 40.9. The largest absolute Gasteiger partial charge is 0.491 e. The first-order valence-electron chi connectivity index (χ1n) is 10.4. The molecule has 1 atom stereocenters. The Balaban J connectivity index is 1.58. The third kappa shape index (κ3) is 5.48. The summed E-state index contributed by atoms with van der Waals surface area (Å²) in [5.41, 5.74) is 0.178. The zero-order chi connectivity index (χ0) is 24.3. The van der Waals surface area contributed by atoms with Crippen LogP contribution in [0.5, 0.6) is 5.75 Å². The summed E-state index contributed by atoms with van der Waals surface area (Å²) < 4.78 is 14.8. The average molecular weight is 477 g/mol. The number of aliphatic hydroxyl groups is 1. The Morgan fingerprint density at radius 2 is 1.73 bits per heavy atom. The smallest absolute Gasteiger partial charge is 0.338 e. The highest BCUT2D eigenvalue weighted by molar-refractivity contribution is 7.99. The average Bonchev–Trinajstić information content (AvgIpc) is 3.13. The maximum atomic E-state index is 12.4. The molecule has 3 aromatic rings. The third-order valence-electron chi connectivity index (χ3n) is 4.92. The number of carbonyl (C=O) groups excluding carboxylic acids is 1. The second kappa shape index (κ2) is 10.3. The molecule has 0 radical (unpaired) electrons. The number of fused-ring (bicyclic) bond motifs is 1. The van der Waals surface area contributed by atoms with Crippen molar-refractivity contribution in [3.63, 3.8) is 0 Å². The van der Waals surface area contributed by atoms with E-state index in [0.29, 0.717) is 34.2 Å². The molecule has 0 unspecified atom stereocenters. The molecule has 178 valence electrons. The van der Waals surface area contributed by atoms with E-state index < -0.39 is 17.4 Å². The highest BCUT2D eigenvalue weighted by Gasteiger charge is 2.18. The molecule has 0 aliphatic carbocycles. The van der Waals surface area contributed by atoms with Crippen LogP contribution in [-0.4, -0.2) is 54.8 Å². The number of aliphatic hydroxyl groups excluding tert-OH is 1. The van der Waals surface area contributed by atoms with Crippen LogP contribution in [-0.2, 0) is 25.9 Å². The first kappa shape index (κ1) is 24.6. The second-order valence-electron chi connectivity index (χ2n) is 8.12. The number of aromatic nitrogens is 4. The van der Waals surface area contributed by atoms with E-state index in [0.717, 1.165) is 4.57 Å². The number of hydrogen-bond donors (Lipinski definition) is 1. The van der Waals surface area contributed by atoms with Gasteiger partial charge >= 0.3 is 11.7 Å². The van der Waals surface area contributed by atoms with Crippen LogP contribution in [0.15, 0.2) is 39.0 Å². The number of rotatable bonds is 9.